The van der Waals surface area contributed by atoms with Crippen molar-refractivity contribution in [3.05, 3.63) is 63.8 Å². The third kappa shape index (κ3) is 2.92. The minimum atomic E-state index is -0.797. The number of hydrogen-bond donors (Lipinski definition) is 0. The van der Waals surface area contributed by atoms with Gasteiger partial charge >= 0.3 is 5.97 Å². The Morgan fingerprint density at radius 2 is 2.11 bits per heavy atom. The van der Waals surface area contributed by atoms with Gasteiger partial charge in [0.2, 0.25) is 5.88 Å². The first-order valence-corrected chi connectivity index (χ1v) is 5.46. The fourth-order valence-corrected chi connectivity index (χ4v) is 1.53. The van der Waals surface area contributed by atoms with E-state index >= 15 is 0 Å². The first kappa shape index (κ1) is 12.7. The van der Waals surface area contributed by atoms with Gasteiger partial charge in [0.15, 0.2) is 0 Å². The predicted molar refractivity (Wildman–Crippen MR) is 67.0 cm³/mol. The molecule has 0 aliphatic heterocycles. The molecule has 0 saturated carbocycles. The highest BCUT2D eigenvalue weighted by Crippen LogP contribution is 2.21. The number of carbonyl (C=O) groups excluding carboxylic acids is 1. The van der Waals surface area contributed by atoms with Crippen LogP contribution in [0.5, 0.6) is 5.88 Å². The molecule has 0 atom stereocenters. The lowest BCUT2D eigenvalue weighted by molar-refractivity contribution is -0.385. The number of nitro groups is 1. The van der Waals surface area contributed by atoms with Gasteiger partial charge in [-0.05, 0) is 24.6 Å². The van der Waals surface area contributed by atoms with Crippen molar-refractivity contribution in [1.29, 1.82) is 0 Å². The first-order chi connectivity index (χ1) is 9.08. The van der Waals surface area contributed by atoms with Crippen LogP contribution in [0.15, 0.2) is 42.6 Å². The normalized spacial score (nSPS) is 9.95. The number of carbonyl (C=O) groups is 1. The van der Waals surface area contributed by atoms with Crippen molar-refractivity contribution in [2.75, 3.05) is 0 Å². The van der Waals surface area contributed by atoms with Crippen molar-refractivity contribution in [2.24, 2.45) is 0 Å². The molecule has 2 aromatic rings. The van der Waals surface area contributed by atoms with E-state index in [1.54, 1.807) is 25.1 Å². The summed E-state index contributed by atoms with van der Waals surface area (Å²) in [7, 11) is 0. The molecule has 0 aliphatic carbocycles. The summed E-state index contributed by atoms with van der Waals surface area (Å²) in [5.41, 5.74) is 0.362. The lowest BCUT2D eigenvalue weighted by Gasteiger charge is -2.04. The molecule has 0 bridgehead atoms. The molecule has 6 heteroatoms. The molecule has 0 unspecified atom stereocenters. The number of aromatic nitrogens is 1. The van der Waals surface area contributed by atoms with Crippen molar-refractivity contribution in [3.63, 3.8) is 0 Å². The molecule has 0 N–H and O–H groups in total. The van der Waals surface area contributed by atoms with Crippen LogP contribution < -0.4 is 4.74 Å². The average molecular weight is 258 g/mol. The minimum Gasteiger partial charge on any atom is -0.404 e. The van der Waals surface area contributed by atoms with Crippen LogP contribution in [0.2, 0.25) is 0 Å². The van der Waals surface area contributed by atoms with Crippen LogP contribution in [-0.2, 0) is 0 Å². The lowest BCUT2D eigenvalue weighted by Crippen LogP contribution is -2.12. The quantitative estimate of drug-likeness (QED) is 0.480. The van der Waals surface area contributed by atoms with Gasteiger partial charge in [-0.2, -0.15) is 0 Å². The molecular weight excluding hydrogens is 248 g/mol. The number of pyridine rings is 1. The zero-order valence-electron chi connectivity index (χ0n) is 10.1. The highest BCUT2D eigenvalue weighted by molar-refractivity contribution is 5.95. The fourth-order valence-electron chi connectivity index (χ4n) is 1.53. The van der Waals surface area contributed by atoms with Crippen molar-refractivity contribution in [2.45, 2.75) is 6.92 Å². The summed E-state index contributed by atoms with van der Waals surface area (Å²) in [4.78, 5) is 26.0. The maximum absolute atomic E-state index is 11.9. The van der Waals surface area contributed by atoms with Gasteiger partial charge in [-0.1, -0.05) is 12.1 Å². The highest BCUT2D eigenvalue weighted by atomic mass is 16.6. The summed E-state index contributed by atoms with van der Waals surface area (Å²) in [5, 5.41) is 10.9. The van der Waals surface area contributed by atoms with Crippen molar-refractivity contribution in [3.8, 4) is 5.88 Å². The minimum absolute atomic E-state index is 0.0874. The zero-order valence-corrected chi connectivity index (χ0v) is 10.1. The third-order valence-electron chi connectivity index (χ3n) is 2.40. The summed E-state index contributed by atoms with van der Waals surface area (Å²) in [5.74, 6) is -0.697. The summed E-state index contributed by atoms with van der Waals surface area (Å²) in [6.07, 6.45) is 1.47. The number of hydrogen-bond acceptors (Lipinski definition) is 5. The van der Waals surface area contributed by atoms with Gasteiger partial charge in [0.05, 0.1) is 4.92 Å². The van der Waals surface area contributed by atoms with E-state index in [9.17, 15) is 14.9 Å². The summed E-state index contributed by atoms with van der Waals surface area (Å²) >= 11 is 0. The van der Waals surface area contributed by atoms with E-state index in [1.165, 1.54) is 24.4 Å². The number of benzene rings is 1. The molecule has 2 rings (SSSR count). The fraction of sp³-hybridized carbons (Fsp3) is 0.0769. The third-order valence-corrected chi connectivity index (χ3v) is 2.40. The van der Waals surface area contributed by atoms with E-state index in [0.29, 0.717) is 0 Å². The molecule has 0 spiro atoms. The summed E-state index contributed by atoms with van der Waals surface area (Å²) < 4.78 is 4.99. The van der Waals surface area contributed by atoms with Gasteiger partial charge in [-0.3, -0.25) is 10.1 Å². The summed E-state index contributed by atoms with van der Waals surface area (Å²) in [6.45, 7) is 1.74. The average Bonchev–Trinajstić information content (AvgIpc) is 2.39. The van der Waals surface area contributed by atoms with Crippen LogP contribution in [-0.4, -0.2) is 15.9 Å². The van der Waals surface area contributed by atoms with Crippen LogP contribution in [0.4, 0.5) is 5.69 Å². The molecular formula is C13H10N2O4. The molecule has 96 valence electrons. The Bertz CT molecular complexity index is 626. The smallest absolute Gasteiger partial charge is 0.351 e. The highest BCUT2D eigenvalue weighted by Gasteiger charge is 2.22. The van der Waals surface area contributed by atoms with Gasteiger partial charge in [0.1, 0.15) is 5.56 Å². The van der Waals surface area contributed by atoms with E-state index < -0.39 is 10.9 Å². The Kier molecular flexibility index (Phi) is 3.51. The van der Waals surface area contributed by atoms with E-state index in [-0.39, 0.29) is 17.1 Å². The predicted octanol–water partition coefficient (Wildman–Crippen LogP) is 2.52. The summed E-state index contributed by atoms with van der Waals surface area (Å²) in [6, 6.07) is 9.09. The molecule has 0 aliphatic rings. The second-order valence-corrected chi connectivity index (χ2v) is 3.84. The number of esters is 1. The van der Waals surface area contributed by atoms with Gasteiger partial charge in [0, 0.05) is 18.3 Å². The Balaban J connectivity index is 2.33. The Labute approximate surface area is 108 Å². The van der Waals surface area contributed by atoms with Crippen LogP contribution in [0.25, 0.3) is 0 Å². The number of aryl methyl sites for hydroxylation is 1. The molecule has 0 fully saturated rings. The molecule has 19 heavy (non-hydrogen) atoms. The molecule has 0 radical (unpaired) electrons. The Morgan fingerprint density at radius 1 is 1.32 bits per heavy atom. The lowest BCUT2D eigenvalue weighted by atomic mass is 10.1. The monoisotopic (exact) mass is 258 g/mol. The molecule has 1 aromatic heterocycles. The topological polar surface area (TPSA) is 82.3 Å². The molecule has 1 heterocycles. The van der Waals surface area contributed by atoms with E-state index in [2.05, 4.69) is 4.98 Å². The molecule has 6 nitrogen and oxygen atoms in total. The second kappa shape index (κ2) is 5.26. The van der Waals surface area contributed by atoms with Crippen LogP contribution in [0, 0.1) is 17.0 Å². The molecule has 0 saturated heterocycles. The van der Waals surface area contributed by atoms with Gasteiger partial charge in [0.25, 0.3) is 5.69 Å². The van der Waals surface area contributed by atoms with Crippen molar-refractivity contribution >= 4 is 11.7 Å². The number of rotatable bonds is 3. The number of ether oxygens (including phenoxy) is 1. The SMILES string of the molecule is Cc1ccc([N+](=O)[O-])c(C(=O)Oc2ccccn2)c1. The maximum atomic E-state index is 11.9. The number of nitro benzene ring substituents is 1. The van der Waals surface area contributed by atoms with Crippen LogP contribution in [0.1, 0.15) is 15.9 Å². The zero-order chi connectivity index (χ0) is 13.8. The van der Waals surface area contributed by atoms with Crippen molar-refractivity contribution in [1.82, 2.24) is 4.98 Å². The van der Waals surface area contributed by atoms with Crippen LogP contribution >= 0.6 is 0 Å². The van der Waals surface area contributed by atoms with E-state index in [0.717, 1.165) is 5.56 Å². The van der Waals surface area contributed by atoms with E-state index in [1.807, 2.05) is 0 Å². The molecule has 0 amide bonds. The van der Waals surface area contributed by atoms with Crippen molar-refractivity contribution < 1.29 is 14.5 Å². The second-order valence-electron chi connectivity index (χ2n) is 3.84. The Hall–Kier alpha value is -2.76. The van der Waals surface area contributed by atoms with Gasteiger partial charge in [-0.15, -0.1) is 0 Å². The largest absolute Gasteiger partial charge is 0.404 e. The first-order valence-electron chi connectivity index (χ1n) is 5.46. The van der Waals surface area contributed by atoms with Crippen LogP contribution in [0.3, 0.4) is 0 Å². The molecule has 1 aromatic carbocycles. The maximum Gasteiger partial charge on any atom is 0.351 e. The Morgan fingerprint density at radius 3 is 2.74 bits per heavy atom. The van der Waals surface area contributed by atoms with E-state index in [4.69, 9.17) is 4.74 Å². The van der Waals surface area contributed by atoms with Gasteiger partial charge in [-0.25, -0.2) is 9.78 Å². The number of nitrogens with zero attached hydrogens (tertiary/aromatic N) is 2. The van der Waals surface area contributed by atoms with Gasteiger partial charge < -0.3 is 4.74 Å². The standard InChI is InChI=1S/C13H10N2O4/c1-9-5-6-11(15(17)18)10(8-9)13(16)19-12-4-2-3-7-14-12/h2-8H,1H3.